The number of nitrogens with zero attached hydrogens (tertiary/aromatic N) is 3. The first-order valence-electron chi connectivity index (χ1n) is 8.09. The molecule has 0 saturated carbocycles. The zero-order valence-electron chi connectivity index (χ0n) is 14.1. The molecule has 0 atom stereocenters. The van der Waals surface area contributed by atoms with Crippen molar-refractivity contribution in [3.63, 3.8) is 0 Å². The molecule has 0 unspecified atom stereocenters. The van der Waals surface area contributed by atoms with E-state index in [1.54, 1.807) is 16.3 Å². The van der Waals surface area contributed by atoms with Crippen LogP contribution in [0.3, 0.4) is 0 Å². The molecule has 2 heterocycles. The predicted molar refractivity (Wildman–Crippen MR) is 94.1 cm³/mol. The Bertz CT molecular complexity index is 744. The summed E-state index contributed by atoms with van der Waals surface area (Å²) in [7, 11) is 1.45. The van der Waals surface area contributed by atoms with E-state index in [0.29, 0.717) is 31.9 Å². The maximum atomic E-state index is 13.8. The fraction of sp³-hybridized carbons (Fsp3) is 0.412. The molecule has 134 valence electrons. The van der Waals surface area contributed by atoms with Crippen LogP contribution in [0, 0.1) is 5.82 Å². The van der Waals surface area contributed by atoms with Crippen LogP contribution in [0.5, 0.6) is 5.75 Å². The summed E-state index contributed by atoms with van der Waals surface area (Å²) in [6.07, 6.45) is 0. The molecule has 2 N–H and O–H groups in total. The molecule has 8 heteroatoms. The van der Waals surface area contributed by atoms with Gasteiger partial charge in [0, 0.05) is 44.6 Å². The third kappa shape index (κ3) is 4.15. The van der Waals surface area contributed by atoms with Crippen molar-refractivity contribution in [1.82, 2.24) is 14.8 Å². The molecule has 1 fully saturated rings. The Labute approximate surface area is 150 Å². The first-order valence-corrected chi connectivity index (χ1v) is 8.97. The highest BCUT2D eigenvalue weighted by Gasteiger charge is 2.24. The SMILES string of the molecule is COc1ccc(CN2CCN(C(=O)c3csc(CN)n3)CC2)cc1F. The highest BCUT2D eigenvalue weighted by atomic mass is 32.1. The van der Waals surface area contributed by atoms with Gasteiger partial charge < -0.3 is 15.4 Å². The molecule has 2 aromatic rings. The Kier molecular flexibility index (Phi) is 5.62. The van der Waals surface area contributed by atoms with E-state index in [1.807, 2.05) is 6.07 Å². The number of amides is 1. The smallest absolute Gasteiger partial charge is 0.273 e. The minimum absolute atomic E-state index is 0.0499. The number of carbonyl (C=O) groups is 1. The van der Waals surface area contributed by atoms with Crippen molar-refractivity contribution in [1.29, 1.82) is 0 Å². The number of nitrogens with two attached hydrogens (primary N) is 1. The normalized spacial score (nSPS) is 15.4. The standard InChI is InChI=1S/C17H21FN4O2S/c1-24-15-3-2-12(8-13(15)18)10-21-4-6-22(7-5-21)17(23)14-11-25-16(9-19)20-14/h2-3,8,11H,4-7,9-10,19H2,1H3. The predicted octanol–water partition coefficient (Wildman–Crippen LogP) is 1.71. The molecule has 1 aromatic carbocycles. The number of thiazole rings is 1. The first kappa shape index (κ1) is 17.8. The summed E-state index contributed by atoms with van der Waals surface area (Å²) in [4.78, 5) is 20.7. The number of benzene rings is 1. The molecular weight excluding hydrogens is 343 g/mol. The van der Waals surface area contributed by atoms with E-state index in [1.165, 1.54) is 24.5 Å². The van der Waals surface area contributed by atoms with Gasteiger partial charge in [-0.15, -0.1) is 11.3 Å². The van der Waals surface area contributed by atoms with Crippen LogP contribution in [0.25, 0.3) is 0 Å². The third-order valence-corrected chi connectivity index (χ3v) is 5.10. The Morgan fingerprint density at radius 2 is 2.12 bits per heavy atom. The molecule has 0 radical (unpaired) electrons. The highest BCUT2D eigenvalue weighted by Crippen LogP contribution is 2.19. The molecule has 0 bridgehead atoms. The maximum absolute atomic E-state index is 13.8. The van der Waals surface area contributed by atoms with Gasteiger partial charge >= 0.3 is 0 Å². The number of ether oxygens (including phenoxy) is 1. The van der Waals surface area contributed by atoms with Gasteiger partial charge in [-0.1, -0.05) is 6.07 Å². The van der Waals surface area contributed by atoms with Gasteiger partial charge in [0.1, 0.15) is 10.7 Å². The van der Waals surface area contributed by atoms with Crippen molar-refractivity contribution in [3.8, 4) is 5.75 Å². The molecule has 6 nitrogen and oxygen atoms in total. The highest BCUT2D eigenvalue weighted by molar-refractivity contribution is 7.09. The maximum Gasteiger partial charge on any atom is 0.273 e. The van der Waals surface area contributed by atoms with E-state index in [4.69, 9.17) is 10.5 Å². The Morgan fingerprint density at radius 1 is 1.36 bits per heavy atom. The number of methoxy groups -OCH3 is 1. The van der Waals surface area contributed by atoms with Crippen molar-refractivity contribution in [2.45, 2.75) is 13.1 Å². The summed E-state index contributed by atoms with van der Waals surface area (Å²) in [6.45, 7) is 3.75. The summed E-state index contributed by atoms with van der Waals surface area (Å²) in [5.74, 6) is -0.154. The van der Waals surface area contributed by atoms with Gasteiger partial charge in [0.2, 0.25) is 0 Å². The molecule has 1 aromatic heterocycles. The zero-order chi connectivity index (χ0) is 17.8. The van der Waals surface area contributed by atoms with Crippen molar-refractivity contribution in [2.24, 2.45) is 5.73 Å². The number of piperazine rings is 1. The van der Waals surface area contributed by atoms with Gasteiger partial charge in [-0.05, 0) is 17.7 Å². The minimum atomic E-state index is -0.354. The molecule has 1 aliphatic heterocycles. The second-order valence-corrected chi connectivity index (χ2v) is 6.81. The monoisotopic (exact) mass is 364 g/mol. The molecule has 1 saturated heterocycles. The quantitative estimate of drug-likeness (QED) is 0.874. The Balaban J connectivity index is 1.54. The van der Waals surface area contributed by atoms with Crippen LogP contribution in [-0.4, -0.2) is 54.0 Å². The van der Waals surface area contributed by atoms with Crippen LogP contribution in [0.1, 0.15) is 21.1 Å². The average Bonchev–Trinajstić information content (AvgIpc) is 3.11. The summed E-state index contributed by atoms with van der Waals surface area (Å²) < 4.78 is 18.7. The van der Waals surface area contributed by atoms with Crippen LogP contribution in [0.2, 0.25) is 0 Å². The number of aromatic nitrogens is 1. The lowest BCUT2D eigenvalue weighted by Crippen LogP contribution is -2.48. The average molecular weight is 364 g/mol. The largest absolute Gasteiger partial charge is 0.494 e. The van der Waals surface area contributed by atoms with Crippen molar-refractivity contribution < 1.29 is 13.9 Å². The fourth-order valence-electron chi connectivity index (χ4n) is 2.84. The number of hydrogen-bond donors (Lipinski definition) is 1. The van der Waals surface area contributed by atoms with E-state index in [9.17, 15) is 9.18 Å². The summed E-state index contributed by atoms with van der Waals surface area (Å²) >= 11 is 1.41. The lowest BCUT2D eigenvalue weighted by molar-refractivity contribution is 0.0623. The van der Waals surface area contributed by atoms with Gasteiger partial charge in [-0.2, -0.15) is 0 Å². The third-order valence-electron chi connectivity index (χ3n) is 4.23. The lowest BCUT2D eigenvalue weighted by Gasteiger charge is -2.34. The number of halogens is 1. The van der Waals surface area contributed by atoms with Crippen molar-refractivity contribution >= 4 is 17.2 Å². The van der Waals surface area contributed by atoms with Gasteiger partial charge in [-0.25, -0.2) is 9.37 Å². The zero-order valence-corrected chi connectivity index (χ0v) is 14.9. The second-order valence-electron chi connectivity index (χ2n) is 5.87. The first-order chi connectivity index (χ1) is 12.1. The van der Waals surface area contributed by atoms with Crippen LogP contribution < -0.4 is 10.5 Å². The van der Waals surface area contributed by atoms with Crippen LogP contribution in [0.15, 0.2) is 23.6 Å². The van der Waals surface area contributed by atoms with Gasteiger partial charge in [0.05, 0.1) is 7.11 Å². The molecule has 3 rings (SSSR count). The van der Waals surface area contributed by atoms with Crippen LogP contribution in [0.4, 0.5) is 4.39 Å². The number of carbonyl (C=O) groups excluding carboxylic acids is 1. The van der Waals surface area contributed by atoms with Crippen molar-refractivity contribution in [3.05, 3.63) is 45.7 Å². The topological polar surface area (TPSA) is 71.7 Å². The van der Waals surface area contributed by atoms with Crippen LogP contribution >= 0.6 is 11.3 Å². The molecule has 1 amide bonds. The lowest BCUT2D eigenvalue weighted by atomic mass is 10.1. The fourth-order valence-corrected chi connectivity index (χ4v) is 3.49. The summed E-state index contributed by atoms with van der Waals surface area (Å²) in [5.41, 5.74) is 6.91. The van der Waals surface area contributed by atoms with Gasteiger partial charge in [0.15, 0.2) is 11.6 Å². The van der Waals surface area contributed by atoms with Gasteiger partial charge in [0.25, 0.3) is 5.91 Å². The van der Waals surface area contributed by atoms with E-state index in [-0.39, 0.29) is 17.5 Å². The Hall–Kier alpha value is -2.03. The molecule has 0 aliphatic carbocycles. The second kappa shape index (κ2) is 7.90. The van der Waals surface area contributed by atoms with E-state index in [2.05, 4.69) is 9.88 Å². The number of rotatable bonds is 5. The summed E-state index contributed by atoms with van der Waals surface area (Å²) in [6, 6.07) is 5.00. The Morgan fingerprint density at radius 3 is 2.72 bits per heavy atom. The summed E-state index contributed by atoms with van der Waals surface area (Å²) in [5, 5.41) is 2.53. The van der Waals surface area contributed by atoms with E-state index in [0.717, 1.165) is 23.7 Å². The molecular formula is C17H21FN4O2S. The molecule has 0 spiro atoms. The minimum Gasteiger partial charge on any atom is -0.494 e. The van der Waals surface area contributed by atoms with Crippen molar-refractivity contribution in [2.75, 3.05) is 33.3 Å². The molecule has 1 aliphatic rings. The van der Waals surface area contributed by atoms with E-state index < -0.39 is 0 Å². The molecule has 25 heavy (non-hydrogen) atoms. The van der Waals surface area contributed by atoms with Crippen LogP contribution in [-0.2, 0) is 13.1 Å². The van der Waals surface area contributed by atoms with Gasteiger partial charge in [-0.3, -0.25) is 9.69 Å². The van der Waals surface area contributed by atoms with E-state index >= 15 is 0 Å². The number of hydrogen-bond acceptors (Lipinski definition) is 6.